The maximum Gasteiger partial charge on any atom is 0.158 e. The molecule has 6 heteroatoms. The van der Waals surface area contributed by atoms with Gasteiger partial charge in [0.25, 0.3) is 0 Å². The molecule has 2 rings (SSSR count). The van der Waals surface area contributed by atoms with E-state index in [9.17, 15) is 5.11 Å². The summed E-state index contributed by atoms with van der Waals surface area (Å²) in [6.07, 6.45) is -0.477. The van der Waals surface area contributed by atoms with Crippen molar-refractivity contribution >= 4 is 0 Å². The molecule has 1 aliphatic heterocycles. The Bertz CT molecular complexity index is 274. The van der Waals surface area contributed by atoms with Crippen LogP contribution >= 0.6 is 0 Å². The van der Waals surface area contributed by atoms with Gasteiger partial charge in [0.05, 0.1) is 25.2 Å². The van der Waals surface area contributed by atoms with Crippen molar-refractivity contribution in [2.75, 3.05) is 13.2 Å². The molecule has 0 aliphatic carbocycles. The monoisotopic (exact) mass is 170 g/mol. The number of aryl methyl sites for hydroxylation is 1. The first-order chi connectivity index (χ1) is 5.79. The molecule has 1 fully saturated rings. The lowest BCUT2D eigenvalue weighted by Gasteiger charge is -2.08. The van der Waals surface area contributed by atoms with E-state index in [0.29, 0.717) is 19.0 Å². The Labute approximate surface area is 69.1 Å². The first-order valence-electron chi connectivity index (χ1n) is 3.77. The van der Waals surface area contributed by atoms with E-state index < -0.39 is 6.10 Å². The van der Waals surface area contributed by atoms with E-state index in [0.717, 1.165) is 0 Å². The normalized spacial score (nSPS) is 29.5. The molecule has 1 saturated heterocycles. The summed E-state index contributed by atoms with van der Waals surface area (Å²) >= 11 is 0. The van der Waals surface area contributed by atoms with Crippen molar-refractivity contribution < 1.29 is 9.84 Å². The minimum Gasteiger partial charge on any atom is -0.390 e. The third kappa shape index (κ3) is 1.09. The van der Waals surface area contributed by atoms with Gasteiger partial charge in [-0.15, -0.1) is 5.10 Å². The highest BCUT2D eigenvalue weighted by molar-refractivity contribution is 4.99. The van der Waals surface area contributed by atoms with Crippen LogP contribution in [0.15, 0.2) is 0 Å². The largest absolute Gasteiger partial charge is 0.390 e. The van der Waals surface area contributed by atoms with Crippen LogP contribution in [0.2, 0.25) is 0 Å². The standard InChI is InChI=1S/C6H10N4O2/c1-10-6(7-8-9-10)4-2-12-3-5(4)11/h4-5,11H,2-3H2,1H3. The highest BCUT2D eigenvalue weighted by Gasteiger charge is 2.31. The second-order valence-corrected chi connectivity index (χ2v) is 2.87. The highest BCUT2D eigenvalue weighted by Crippen LogP contribution is 2.22. The van der Waals surface area contributed by atoms with Gasteiger partial charge in [-0.1, -0.05) is 0 Å². The second kappa shape index (κ2) is 2.80. The molecule has 0 radical (unpaired) electrons. The van der Waals surface area contributed by atoms with Gasteiger partial charge in [0, 0.05) is 7.05 Å². The van der Waals surface area contributed by atoms with Crippen LogP contribution in [0.3, 0.4) is 0 Å². The highest BCUT2D eigenvalue weighted by atomic mass is 16.5. The molecule has 0 amide bonds. The van der Waals surface area contributed by atoms with Crippen LogP contribution in [-0.4, -0.2) is 44.6 Å². The van der Waals surface area contributed by atoms with Gasteiger partial charge in [0.1, 0.15) is 0 Å². The molecular formula is C6H10N4O2. The molecule has 12 heavy (non-hydrogen) atoms. The zero-order valence-electron chi connectivity index (χ0n) is 6.71. The summed E-state index contributed by atoms with van der Waals surface area (Å²) in [7, 11) is 1.75. The molecule has 0 spiro atoms. The van der Waals surface area contributed by atoms with Gasteiger partial charge >= 0.3 is 0 Å². The van der Waals surface area contributed by atoms with E-state index in [-0.39, 0.29) is 5.92 Å². The number of hydrogen-bond acceptors (Lipinski definition) is 5. The fourth-order valence-electron chi connectivity index (χ4n) is 1.34. The zero-order valence-corrected chi connectivity index (χ0v) is 6.71. The van der Waals surface area contributed by atoms with Crippen LogP contribution in [0.4, 0.5) is 0 Å². The van der Waals surface area contributed by atoms with Gasteiger partial charge in [-0.2, -0.15) is 0 Å². The zero-order chi connectivity index (χ0) is 8.55. The number of tetrazole rings is 1. The summed E-state index contributed by atoms with van der Waals surface area (Å²) in [5.74, 6) is 0.602. The van der Waals surface area contributed by atoms with Gasteiger partial charge in [0.2, 0.25) is 0 Å². The molecule has 1 aliphatic rings. The van der Waals surface area contributed by atoms with Crippen LogP contribution in [0.25, 0.3) is 0 Å². The average Bonchev–Trinajstić information content (AvgIpc) is 2.59. The summed E-state index contributed by atoms with van der Waals surface area (Å²) in [4.78, 5) is 0. The molecular weight excluding hydrogens is 160 g/mol. The molecule has 0 aromatic carbocycles. The van der Waals surface area contributed by atoms with Crippen molar-refractivity contribution in [1.29, 1.82) is 0 Å². The average molecular weight is 170 g/mol. The van der Waals surface area contributed by atoms with Crippen LogP contribution in [0.1, 0.15) is 11.7 Å². The molecule has 2 heterocycles. The maximum absolute atomic E-state index is 9.45. The topological polar surface area (TPSA) is 73.1 Å². The lowest BCUT2D eigenvalue weighted by Crippen LogP contribution is -2.19. The van der Waals surface area contributed by atoms with Crippen molar-refractivity contribution in [3.8, 4) is 0 Å². The summed E-state index contributed by atoms with van der Waals surface area (Å²) < 4.78 is 6.65. The summed E-state index contributed by atoms with van der Waals surface area (Å²) in [5.41, 5.74) is 0. The first-order valence-corrected chi connectivity index (χ1v) is 3.77. The third-order valence-corrected chi connectivity index (χ3v) is 2.04. The van der Waals surface area contributed by atoms with Gasteiger partial charge in [-0.3, -0.25) is 0 Å². The van der Waals surface area contributed by atoms with Gasteiger partial charge < -0.3 is 9.84 Å². The summed E-state index contributed by atoms with van der Waals surface area (Å²) in [5, 5.41) is 20.4. The Hall–Kier alpha value is -1.01. The second-order valence-electron chi connectivity index (χ2n) is 2.87. The molecule has 1 aromatic heterocycles. The Morgan fingerprint density at radius 2 is 2.42 bits per heavy atom. The SMILES string of the molecule is Cn1nnnc1C1COCC1O. The smallest absolute Gasteiger partial charge is 0.158 e. The molecule has 0 saturated carbocycles. The lowest BCUT2D eigenvalue weighted by molar-refractivity contribution is 0.124. The van der Waals surface area contributed by atoms with Crippen molar-refractivity contribution in [3.05, 3.63) is 5.82 Å². The van der Waals surface area contributed by atoms with Crippen molar-refractivity contribution in [1.82, 2.24) is 20.2 Å². The van der Waals surface area contributed by atoms with E-state index in [2.05, 4.69) is 15.5 Å². The molecule has 2 atom stereocenters. The Morgan fingerprint density at radius 1 is 1.58 bits per heavy atom. The van der Waals surface area contributed by atoms with E-state index in [1.54, 1.807) is 11.7 Å². The Morgan fingerprint density at radius 3 is 2.92 bits per heavy atom. The number of aliphatic hydroxyl groups is 1. The van der Waals surface area contributed by atoms with E-state index in [1.165, 1.54) is 0 Å². The quantitative estimate of drug-likeness (QED) is 0.566. The summed E-state index contributed by atoms with van der Waals surface area (Å²) in [6, 6.07) is 0. The van der Waals surface area contributed by atoms with Crippen molar-refractivity contribution in [2.45, 2.75) is 12.0 Å². The fraction of sp³-hybridized carbons (Fsp3) is 0.833. The minimum absolute atomic E-state index is 0.0787. The number of aromatic nitrogens is 4. The number of nitrogens with zero attached hydrogens (tertiary/aromatic N) is 4. The molecule has 1 N–H and O–H groups in total. The molecule has 0 bridgehead atoms. The molecule has 6 nitrogen and oxygen atoms in total. The molecule has 66 valence electrons. The number of rotatable bonds is 1. The van der Waals surface area contributed by atoms with Crippen LogP contribution in [0, 0.1) is 0 Å². The molecule has 2 unspecified atom stereocenters. The first kappa shape index (κ1) is 7.63. The fourth-order valence-corrected chi connectivity index (χ4v) is 1.34. The van der Waals surface area contributed by atoms with E-state index in [4.69, 9.17) is 4.74 Å². The predicted octanol–water partition coefficient (Wildman–Crippen LogP) is -1.32. The summed E-state index contributed by atoms with van der Waals surface area (Å²) in [6.45, 7) is 0.868. The number of ether oxygens (including phenoxy) is 1. The predicted molar refractivity (Wildman–Crippen MR) is 38.4 cm³/mol. The minimum atomic E-state index is -0.477. The van der Waals surface area contributed by atoms with Gasteiger partial charge in [-0.05, 0) is 10.4 Å². The van der Waals surface area contributed by atoms with E-state index in [1.807, 2.05) is 0 Å². The lowest BCUT2D eigenvalue weighted by atomic mass is 10.1. The van der Waals surface area contributed by atoms with Gasteiger partial charge in [0.15, 0.2) is 5.82 Å². The van der Waals surface area contributed by atoms with Crippen LogP contribution in [-0.2, 0) is 11.8 Å². The third-order valence-electron chi connectivity index (χ3n) is 2.04. The maximum atomic E-state index is 9.45. The Kier molecular flexibility index (Phi) is 1.78. The van der Waals surface area contributed by atoms with Crippen LogP contribution in [0.5, 0.6) is 0 Å². The van der Waals surface area contributed by atoms with Crippen molar-refractivity contribution in [3.63, 3.8) is 0 Å². The number of aliphatic hydroxyl groups excluding tert-OH is 1. The molecule has 1 aromatic rings. The Balaban J connectivity index is 2.24. The van der Waals surface area contributed by atoms with Crippen LogP contribution < -0.4 is 0 Å². The van der Waals surface area contributed by atoms with Crippen molar-refractivity contribution in [2.24, 2.45) is 7.05 Å². The van der Waals surface area contributed by atoms with Gasteiger partial charge in [-0.25, -0.2) is 4.68 Å². The number of hydrogen-bond donors (Lipinski definition) is 1. The van der Waals surface area contributed by atoms with E-state index >= 15 is 0 Å².